The molecule has 1 saturated heterocycles. The summed E-state index contributed by atoms with van der Waals surface area (Å²) < 4.78 is 27.6. The maximum atomic E-state index is 13.8. The Morgan fingerprint density at radius 3 is 2.59 bits per heavy atom. The van der Waals surface area contributed by atoms with Gasteiger partial charge in [-0.05, 0) is 18.6 Å². The number of thiazole rings is 1. The zero-order chi connectivity index (χ0) is 23.9. The van der Waals surface area contributed by atoms with Crippen molar-refractivity contribution in [1.82, 2.24) is 29.9 Å². The molecule has 0 radical (unpaired) electrons. The minimum atomic E-state index is -2.67. The number of Topliss-reactive ketones (excluding diaryl/α,β-unsaturated/α-hetero) is 1. The minimum absolute atomic E-state index is 0.0699. The maximum absolute atomic E-state index is 13.8. The third kappa shape index (κ3) is 4.62. The molecule has 0 amide bonds. The number of carbonyl (C=O) groups is 1. The Bertz CT molecular complexity index is 1350. The molecule has 0 saturated carbocycles. The number of halogens is 3. The van der Waals surface area contributed by atoms with Crippen LogP contribution in [0.2, 0.25) is 5.02 Å². The first kappa shape index (κ1) is 22.7. The number of aryl methyl sites for hydroxylation is 1. The van der Waals surface area contributed by atoms with Gasteiger partial charge in [-0.1, -0.05) is 22.9 Å². The van der Waals surface area contributed by atoms with Crippen LogP contribution in [0, 0.1) is 6.92 Å². The van der Waals surface area contributed by atoms with Gasteiger partial charge in [-0.3, -0.25) is 4.79 Å². The van der Waals surface area contributed by atoms with E-state index in [2.05, 4.69) is 25.1 Å². The first-order chi connectivity index (χ1) is 16.3. The highest BCUT2D eigenvalue weighted by molar-refractivity contribution is 7.18. The first-order valence-electron chi connectivity index (χ1n) is 10.7. The van der Waals surface area contributed by atoms with E-state index in [1.54, 1.807) is 18.5 Å². The molecule has 0 aliphatic carbocycles. The van der Waals surface area contributed by atoms with Crippen molar-refractivity contribution in [3.8, 4) is 5.82 Å². The van der Waals surface area contributed by atoms with Gasteiger partial charge in [0.25, 0.3) is 5.92 Å². The lowest BCUT2D eigenvalue weighted by Crippen LogP contribution is -2.40. The summed E-state index contributed by atoms with van der Waals surface area (Å²) in [5.41, 5.74) is 2.74. The number of pyridine rings is 2. The molecule has 1 aliphatic heterocycles. The molecule has 5 rings (SSSR count). The highest BCUT2D eigenvalue weighted by Gasteiger charge is 2.35. The molecule has 1 fully saturated rings. The fourth-order valence-corrected chi connectivity index (χ4v) is 5.12. The van der Waals surface area contributed by atoms with Crippen molar-refractivity contribution < 1.29 is 13.6 Å². The number of ketones is 1. The van der Waals surface area contributed by atoms with Gasteiger partial charge in [0, 0.05) is 56.7 Å². The van der Waals surface area contributed by atoms with Gasteiger partial charge in [0.2, 0.25) is 0 Å². The predicted octanol–water partition coefficient (Wildman–Crippen LogP) is 4.22. The lowest BCUT2D eigenvalue weighted by molar-refractivity contribution is -0.117. The first-order valence-corrected chi connectivity index (χ1v) is 11.9. The van der Waals surface area contributed by atoms with Crippen LogP contribution in [0.4, 0.5) is 14.5 Å². The monoisotopic (exact) mass is 503 g/mol. The highest BCUT2D eigenvalue weighted by atomic mass is 35.5. The Labute approximate surface area is 202 Å². The predicted molar refractivity (Wildman–Crippen MR) is 125 cm³/mol. The number of hydrogen-bond acceptors (Lipinski definition) is 8. The average molecular weight is 504 g/mol. The van der Waals surface area contributed by atoms with Crippen molar-refractivity contribution in [3.63, 3.8) is 0 Å². The summed E-state index contributed by atoms with van der Waals surface area (Å²) in [6, 6.07) is 1.67. The molecule has 0 unspecified atom stereocenters. The van der Waals surface area contributed by atoms with E-state index in [0.29, 0.717) is 27.5 Å². The van der Waals surface area contributed by atoms with Crippen LogP contribution in [-0.2, 0) is 17.6 Å². The van der Waals surface area contributed by atoms with Gasteiger partial charge >= 0.3 is 0 Å². The number of hydrogen-bond donors (Lipinski definition) is 0. The van der Waals surface area contributed by atoms with Crippen LogP contribution in [0.1, 0.15) is 29.0 Å². The van der Waals surface area contributed by atoms with Crippen molar-refractivity contribution in [2.45, 2.75) is 38.5 Å². The van der Waals surface area contributed by atoms with E-state index in [9.17, 15) is 13.6 Å². The zero-order valence-electron chi connectivity index (χ0n) is 18.2. The van der Waals surface area contributed by atoms with E-state index in [0.717, 1.165) is 15.5 Å². The average Bonchev–Trinajstić information content (AvgIpc) is 3.43. The van der Waals surface area contributed by atoms with Gasteiger partial charge in [-0.2, -0.15) is 10.2 Å². The second-order valence-electron chi connectivity index (χ2n) is 8.22. The largest absolute Gasteiger partial charge is 0.369 e. The number of rotatable bonds is 6. The number of fused-ring (bicyclic) bond motifs is 1. The number of carbonyl (C=O) groups excluding carboxylic acids is 1. The summed E-state index contributed by atoms with van der Waals surface area (Å²) in [6.45, 7) is 2.28. The Hall–Kier alpha value is -3.05. The van der Waals surface area contributed by atoms with Crippen molar-refractivity contribution >= 4 is 44.8 Å². The molecule has 5 heterocycles. The number of aromatic nitrogens is 6. The molecule has 8 nitrogen and oxygen atoms in total. The van der Waals surface area contributed by atoms with Crippen molar-refractivity contribution in [2.75, 3.05) is 18.0 Å². The van der Waals surface area contributed by atoms with E-state index in [-0.39, 0.29) is 44.6 Å². The number of anilines is 1. The molecule has 1 aliphatic rings. The van der Waals surface area contributed by atoms with Crippen molar-refractivity contribution in [3.05, 3.63) is 52.0 Å². The van der Waals surface area contributed by atoms with Crippen LogP contribution in [0.5, 0.6) is 0 Å². The topological polar surface area (TPSA) is 89.7 Å². The summed E-state index contributed by atoms with van der Waals surface area (Å²) in [4.78, 5) is 30.3. The Morgan fingerprint density at radius 2 is 1.88 bits per heavy atom. The normalized spacial score (nSPS) is 15.7. The Kier molecular flexibility index (Phi) is 5.98. The van der Waals surface area contributed by atoms with Crippen LogP contribution < -0.4 is 4.90 Å². The van der Waals surface area contributed by atoms with Gasteiger partial charge < -0.3 is 4.90 Å². The van der Waals surface area contributed by atoms with Crippen molar-refractivity contribution in [2.24, 2.45) is 0 Å². The fourth-order valence-electron chi connectivity index (χ4n) is 4.09. The fraction of sp³-hybridized carbons (Fsp3) is 0.364. The minimum Gasteiger partial charge on any atom is -0.369 e. The van der Waals surface area contributed by atoms with Gasteiger partial charge in [0.05, 0.1) is 28.1 Å². The number of alkyl halides is 2. The van der Waals surface area contributed by atoms with E-state index in [1.165, 1.54) is 28.5 Å². The summed E-state index contributed by atoms with van der Waals surface area (Å²) in [7, 11) is 0. The van der Waals surface area contributed by atoms with Crippen LogP contribution in [-0.4, -0.2) is 54.7 Å². The van der Waals surface area contributed by atoms with Gasteiger partial charge in [-0.15, -0.1) is 4.80 Å². The summed E-state index contributed by atoms with van der Waals surface area (Å²) in [6.07, 6.45) is 6.03. The molecular formula is C22H20ClF2N7OS. The molecule has 0 bridgehead atoms. The van der Waals surface area contributed by atoms with Crippen LogP contribution >= 0.6 is 22.9 Å². The highest BCUT2D eigenvalue weighted by Crippen LogP contribution is 2.37. The molecule has 4 aromatic rings. The Morgan fingerprint density at radius 1 is 1.15 bits per heavy atom. The third-order valence-electron chi connectivity index (χ3n) is 5.67. The maximum Gasteiger partial charge on any atom is 0.251 e. The summed E-state index contributed by atoms with van der Waals surface area (Å²) >= 11 is 7.77. The quantitative estimate of drug-likeness (QED) is 0.389. The van der Waals surface area contributed by atoms with E-state index < -0.39 is 5.92 Å². The lowest BCUT2D eigenvalue weighted by atomic mass is 10.0. The molecule has 34 heavy (non-hydrogen) atoms. The summed E-state index contributed by atoms with van der Waals surface area (Å²) in [5.74, 6) is -2.36. The molecule has 0 aromatic carbocycles. The third-order valence-corrected chi connectivity index (χ3v) is 6.83. The molecule has 0 atom stereocenters. The van der Waals surface area contributed by atoms with Crippen molar-refractivity contribution in [1.29, 1.82) is 0 Å². The van der Waals surface area contributed by atoms with E-state index in [1.807, 2.05) is 11.8 Å². The second kappa shape index (κ2) is 8.95. The van der Waals surface area contributed by atoms with Gasteiger partial charge in [0.15, 0.2) is 5.82 Å². The molecule has 0 N–H and O–H groups in total. The standard InChI is InChI=1S/C22H20ClF2N7OS/c1-13-30-18-19(31-6-2-22(24,25)3-7-31)15(12-27-21(18)34-13)10-16(33)8-14-9-17(23)20(26-11-14)32-28-4-5-29-32/h4-5,9,11-12H,2-3,6-8,10H2,1H3. The number of piperidine rings is 1. The van der Waals surface area contributed by atoms with Gasteiger partial charge in [0.1, 0.15) is 16.1 Å². The van der Waals surface area contributed by atoms with Gasteiger partial charge in [-0.25, -0.2) is 23.7 Å². The molecule has 12 heteroatoms. The van der Waals surface area contributed by atoms with Crippen LogP contribution in [0.25, 0.3) is 16.2 Å². The van der Waals surface area contributed by atoms with Crippen LogP contribution in [0.15, 0.2) is 30.9 Å². The smallest absolute Gasteiger partial charge is 0.251 e. The number of nitrogens with zero attached hydrogens (tertiary/aromatic N) is 7. The second-order valence-corrected chi connectivity index (χ2v) is 9.81. The van der Waals surface area contributed by atoms with E-state index in [4.69, 9.17) is 11.6 Å². The van der Waals surface area contributed by atoms with Crippen LogP contribution in [0.3, 0.4) is 0 Å². The molecular weight excluding hydrogens is 484 g/mol. The summed E-state index contributed by atoms with van der Waals surface area (Å²) in [5, 5.41) is 9.19. The van der Waals surface area contributed by atoms with E-state index >= 15 is 0 Å². The molecule has 0 spiro atoms. The molecule has 176 valence electrons. The Balaban J connectivity index is 1.39. The SMILES string of the molecule is Cc1nc2c(N3CCC(F)(F)CC3)c(CC(=O)Cc3cnc(-n4nccn4)c(Cl)c3)cnc2s1. The lowest BCUT2D eigenvalue weighted by Gasteiger charge is -2.34. The zero-order valence-corrected chi connectivity index (χ0v) is 19.8. The molecule has 4 aromatic heterocycles.